The van der Waals surface area contributed by atoms with Crippen molar-refractivity contribution in [3.8, 4) is 34.8 Å². The van der Waals surface area contributed by atoms with Gasteiger partial charge in [0.25, 0.3) is 0 Å². The summed E-state index contributed by atoms with van der Waals surface area (Å²) in [6.45, 7) is 0.584. The van der Waals surface area contributed by atoms with E-state index >= 15 is 0 Å². The van der Waals surface area contributed by atoms with Gasteiger partial charge in [-0.05, 0) is 71.7 Å². The van der Waals surface area contributed by atoms with Crippen molar-refractivity contribution in [2.75, 3.05) is 13.7 Å². The lowest BCUT2D eigenvalue weighted by atomic mass is 9.47. The smallest absolute Gasteiger partial charge is 0.160 e. The number of phenols is 3. The van der Waals surface area contributed by atoms with Crippen molar-refractivity contribution < 1.29 is 30.0 Å². The maximum absolute atomic E-state index is 14.1. The number of hydrogen-bond acceptors (Lipinski definition) is 7. The first-order valence-corrected chi connectivity index (χ1v) is 16.4. The molecule has 7 nitrogen and oxygen atoms in total. The highest BCUT2D eigenvalue weighted by Gasteiger charge is 2.60. The van der Waals surface area contributed by atoms with E-state index in [0.717, 1.165) is 41.5 Å². The molecule has 1 unspecified atom stereocenters. The van der Waals surface area contributed by atoms with Crippen LogP contribution in [0.5, 0.6) is 23.0 Å². The Labute approximate surface area is 269 Å². The molecule has 3 aromatic carbocycles. The molecule has 1 saturated carbocycles. The van der Waals surface area contributed by atoms with Crippen molar-refractivity contribution in [2.24, 2.45) is 23.7 Å². The Morgan fingerprint density at radius 2 is 1.76 bits per heavy atom. The Morgan fingerprint density at radius 1 is 0.957 bits per heavy atom. The highest BCUT2D eigenvalue weighted by Crippen LogP contribution is 2.59. The summed E-state index contributed by atoms with van der Waals surface area (Å²) in [6.07, 6.45) is 6.95. The first-order valence-electron chi connectivity index (χ1n) is 16.4. The Bertz CT molecular complexity index is 1720. The van der Waals surface area contributed by atoms with Gasteiger partial charge >= 0.3 is 0 Å². The molecular weight excluding hydrogens is 578 g/mol. The summed E-state index contributed by atoms with van der Waals surface area (Å²) in [5.74, 6) is 6.26. The maximum Gasteiger partial charge on any atom is 0.160 e. The average Bonchev–Trinajstić information content (AvgIpc) is 3.05. The van der Waals surface area contributed by atoms with Gasteiger partial charge < -0.3 is 30.5 Å². The quantitative estimate of drug-likeness (QED) is 0.195. The molecule has 7 heteroatoms. The van der Waals surface area contributed by atoms with E-state index in [-0.39, 0.29) is 71.5 Å². The molecule has 1 aliphatic heterocycles. The summed E-state index contributed by atoms with van der Waals surface area (Å²) in [6, 6.07) is 18.7. The van der Waals surface area contributed by atoms with Gasteiger partial charge in [0, 0.05) is 54.5 Å². The number of methoxy groups -OCH3 is 1. The lowest BCUT2D eigenvalue weighted by Gasteiger charge is -2.60. The topological polar surface area (TPSA) is 119 Å². The molecule has 1 heterocycles. The molecule has 238 valence electrons. The maximum atomic E-state index is 14.1. The van der Waals surface area contributed by atoms with E-state index in [1.165, 1.54) is 7.11 Å². The van der Waals surface area contributed by atoms with E-state index in [0.29, 0.717) is 18.7 Å². The molecule has 4 aliphatic rings. The number of ether oxygens (including phenoxy) is 1. The lowest BCUT2D eigenvalue weighted by Crippen LogP contribution is -2.68. The van der Waals surface area contributed by atoms with E-state index in [1.807, 2.05) is 30.3 Å². The number of aliphatic hydroxyl groups is 1. The van der Waals surface area contributed by atoms with Crippen molar-refractivity contribution in [1.29, 1.82) is 0 Å². The monoisotopic (exact) mass is 619 g/mol. The summed E-state index contributed by atoms with van der Waals surface area (Å²) in [7, 11) is 1.51. The van der Waals surface area contributed by atoms with E-state index in [2.05, 4.69) is 35.4 Å². The predicted molar refractivity (Wildman–Crippen MR) is 176 cm³/mol. The fraction of sp³-hybridized carbons (Fsp3) is 0.410. The number of carbonyl (C=O) groups excluding carboxylic acids is 1. The van der Waals surface area contributed by atoms with Crippen LogP contribution in [0.2, 0.25) is 0 Å². The van der Waals surface area contributed by atoms with Gasteiger partial charge in [0.1, 0.15) is 5.78 Å². The molecule has 1 spiro atoms. The fourth-order valence-electron chi connectivity index (χ4n) is 9.12. The number of phenolic OH excluding ortho intramolecular Hbond substituents is 3. The summed E-state index contributed by atoms with van der Waals surface area (Å²) >= 11 is 0. The molecule has 46 heavy (non-hydrogen) atoms. The highest BCUT2D eigenvalue weighted by molar-refractivity contribution is 5.80. The second-order valence-corrected chi connectivity index (χ2v) is 13.5. The minimum atomic E-state index is -0.951. The average molecular weight is 620 g/mol. The molecule has 0 aromatic heterocycles. The number of allylic oxidation sites excluding steroid dienone is 1. The molecule has 7 rings (SSSR count). The number of Topliss-reactive ketones (excluding diaryl/α,β-unsaturated/α-hetero) is 1. The normalized spacial score (nSPS) is 31.7. The van der Waals surface area contributed by atoms with Crippen LogP contribution in [-0.2, 0) is 16.6 Å². The Balaban J connectivity index is 1.38. The molecule has 3 aliphatic carbocycles. The molecule has 0 bridgehead atoms. The first-order chi connectivity index (χ1) is 22.3. The number of aliphatic hydroxyl groups excluding tert-OH is 1. The zero-order valence-corrected chi connectivity index (χ0v) is 26.0. The van der Waals surface area contributed by atoms with Crippen LogP contribution in [0.25, 0.3) is 6.08 Å². The van der Waals surface area contributed by atoms with Crippen LogP contribution in [0.3, 0.4) is 0 Å². The zero-order valence-electron chi connectivity index (χ0n) is 26.0. The fourth-order valence-corrected chi connectivity index (χ4v) is 9.12. The zero-order chi connectivity index (χ0) is 32.0. The third kappa shape index (κ3) is 5.14. The Morgan fingerprint density at radius 3 is 2.57 bits per heavy atom. The van der Waals surface area contributed by atoms with Crippen LogP contribution in [0.1, 0.15) is 60.3 Å². The van der Waals surface area contributed by atoms with Gasteiger partial charge in [0.05, 0.1) is 13.2 Å². The van der Waals surface area contributed by atoms with Gasteiger partial charge in [-0.3, -0.25) is 4.79 Å². The van der Waals surface area contributed by atoms with Crippen LogP contribution in [0.4, 0.5) is 0 Å². The number of ketones is 1. The molecular formula is C39H41NO6. The SMILES string of the molecule is COc1cc([C@@H]2CC(=O)C[C@H](O)C3[C@H](C#C[C@@H]2Cc2ccccc2)CN[C@@H]2CCC[C@@H]4C=Cc5cc(O)c(O)cc5[C@]342)ccc1O. The molecule has 5 N–H and O–H groups in total. The third-order valence-corrected chi connectivity index (χ3v) is 11.1. The summed E-state index contributed by atoms with van der Waals surface area (Å²) in [4.78, 5) is 14.1. The highest BCUT2D eigenvalue weighted by atomic mass is 16.5. The van der Waals surface area contributed by atoms with Crippen LogP contribution in [0.15, 0.2) is 66.7 Å². The van der Waals surface area contributed by atoms with Crippen LogP contribution in [0, 0.1) is 35.5 Å². The van der Waals surface area contributed by atoms with E-state index < -0.39 is 11.5 Å². The standard InChI is InChI=1S/C39H41NO6/c1-46-36-18-25(13-15-32(36)42)30-19-29(41)20-35(45)38-27(11-10-24(30)16-23-6-3-2-4-7-23)22-40-37-9-5-8-28-14-12-26-17-33(43)34(44)21-31(26)39(28,37)38/h2-4,6-7,12-15,17-18,21,24,27-28,30,35,37-38,40,42-45H,5,8-9,16,19-20,22H2,1H3/t24-,27-,28-,30-,35+,37-,38?,39-/m1/s1. The van der Waals surface area contributed by atoms with Crippen LogP contribution < -0.4 is 10.1 Å². The summed E-state index contributed by atoms with van der Waals surface area (Å²) in [5, 5.41) is 47.5. The van der Waals surface area contributed by atoms with Crippen molar-refractivity contribution in [3.63, 3.8) is 0 Å². The van der Waals surface area contributed by atoms with Crippen molar-refractivity contribution in [3.05, 3.63) is 89.0 Å². The molecule has 2 fully saturated rings. The van der Waals surface area contributed by atoms with Gasteiger partial charge in [-0.15, -0.1) is 0 Å². The van der Waals surface area contributed by atoms with E-state index in [4.69, 9.17) is 4.74 Å². The Kier molecular flexibility index (Phi) is 8.04. The van der Waals surface area contributed by atoms with Crippen LogP contribution in [-0.4, -0.2) is 52.0 Å². The number of benzene rings is 3. The van der Waals surface area contributed by atoms with Crippen molar-refractivity contribution >= 4 is 11.9 Å². The number of aromatic hydroxyl groups is 3. The molecule has 0 radical (unpaired) electrons. The largest absolute Gasteiger partial charge is 0.504 e. The second-order valence-electron chi connectivity index (χ2n) is 13.5. The van der Waals surface area contributed by atoms with E-state index in [1.54, 1.807) is 24.3 Å². The van der Waals surface area contributed by atoms with Crippen molar-refractivity contribution in [1.82, 2.24) is 5.32 Å². The van der Waals surface area contributed by atoms with Crippen molar-refractivity contribution in [2.45, 2.75) is 62.0 Å². The number of fused-ring (bicyclic) bond motifs is 2. The minimum Gasteiger partial charge on any atom is -0.504 e. The number of rotatable bonds is 4. The lowest BCUT2D eigenvalue weighted by molar-refractivity contribution is -0.124. The second kappa shape index (κ2) is 12.2. The predicted octanol–water partition coefficient (Wildman–Crippen LogP) is 5.45. The molecule has 3 aromatic rings. The first kappa shape index (κ1) is 30.4. The number of piperidine rings is 1. The molecule has 1 saturated heterocycles. The summed E-state index contributed by atoms with van der Waals surface area (Å²) < 4.78 is 5.43. The number of hydrogen-bond donors (Lipinski definition) is 5. The third-order valence-electron chi connectivity index (χ3n) is 11.1. The number of carbonyl (C=O) groups is 1. The van der Waals surface area contributed by atoms with Gasteiger partial charge in [0.15, 0.2) is 23.0 Å². The minimum absolute atomic E-state index is 0.00305. The van der Waals surface area contributed by atoms with E-state index in [9.17, 15) is 25.2 Å². The van der Waals surface area contributed by atoms with Gasteiger partial charge in [-0.1, -0.05) is 66.8 Å². The van der Waals surface area contributed by atoms with Gasteiger partial charge in [0.2, 0.25) is 0 Å². The molecule has 0 amide bonds. The van der Waals surface area contributed by atoms with Gasteiger partial charge in [-0.25, -0.2) is 0 Å². The van der Waals surface area contributed by atoms with Crippen LogP contribution >= 0.6 is 0 Å². The number of nitrogens with one attached hydrogen (secondary N) is 1. The van der Waals surface area contributed by atoms with Gasteiger partial charge in [-0.2, -0.15) is 0 Å². The Hall–Kier alpha value is -4.25. The summed E-state index contributed by atoms with van der Waals surface area (Å²) in [5.41, 5.74) is 3.10. The molecule has 8 atom stereocenters.